The highest BCUT2D eigenvalue weighted by molar-refractivity contribution is 7.07. The number of nitrogens with two attached hydrogens (primary N) is 1. The molecule has 37 heavy (non-hydrogen) atoms. The number of piperidine rings is 1. The van der Waals surface area contributed by atoms with Crippen molar-refractivity contribution in [2.45, 2.75) is 57.0 Å². The molecule has 10 heteroatoms. The molecule has 0 bridgehead atoms. The molecule has 1 aromatic carbocycles. The van der Waals surface area contributed by atoms with Crippen LogP contribution >= 0.6 is 11.3 Å². The maximum Gasteiger partial charge on any atom is 0.246 e. The van der Waals surface area contributed by atoms with Gasteiger partial charge in [-0.3, -0.25) is 9.59 Å². The molecular weight excluding hydrogens is 490 g/mol. The largest absolute Gasteiger partial charge is 0.493 e. The lowest BCUT2D eigenvalue weighted by Gasteiger charge is -2.43. The van der Waals surface area contributed by atoms with E-state index in [-0.39, 0.29) is 29.7 Å². The molecule has 1 aliphatic carbocycles. The number of hydrogen-bond acceptors (Lipinski definition) is 8. The third kappa shape index (κ3) is 5.22. The van der Waals surface area contributed by atoms with Gasteiger partial charge in [-0.1, -0.05) is 12.8 Å². The van der Waals surface area contributed by atoms with Crippen LogP contribution in [0.2, 0.25) is 0 Å². The standard InChI is InChI=1S/C27H35N5O4S/c1-35-23-8-7-17(13-24(23)36-2)25-20-5-3-4-6-21(20)26(33)32(30-25)19-9-11-31(12-10-19)27(34)22(28)14-18-15-37-16-29-18/h7-8,13,15-16,19-22H,3-6,9-12,14,28H2,1-2H3/t20-,21+,22-/m0/s1. The molecule has 2 aromatic rings. The Morgan fingerprint density at radius 2 is 1.84 bits per heavy atom. The van der Waals surface area contributed by atoms with Crippen LogP contribution in [0.5, 0.6) is 11.5 Å². The molecule has 0 unspecified atom stereocenters. The smallest absolute Gasteiger partial charge is 0.246 e. The summed E-state index contributed by atoms with van der Waals surface area (Å²) in [5.74, 6) is 1.44. The molecule has 1 saturated carbocycles. The molecule has 1 aromatic heterocycles. The van der Waals surface area contributed by atoms with Crippen molar-refractivity contribution in [3.63, 3.8) is 0 Å². The molecule has 3 atom stereocenters. The number of thiazole rings is 1. The number of aromatic nitrogens is 1. The van der Waals surface area contributed by atoms with Crippen molar-refractivity contribution in [3.8, 4) is 11.5 Å². The number of hydrazone groups is 1. The Hall–Kier alpha value is -2.98. The molecule has 3 heterocycles. The molecule has 0 radical (unpaired) electrons. The highest BCUT2D eigenvalue weighted by atomic mass is 32.1. The van der Waals surface area contributed by atoms with Crippen LogP contribution in [-0.4, -0.2) is 71.8 Å². The van der Waals surface area contributed by atoms with Crippen LogP contribution in [0, 0.1) is 11.8 Å². The summed E-state index contributed by atoms with van der Waals surface area (Å²) in [4.78, 5) is 32.7. The second-order valence-corrected chi connectivity index (χ2v) is 10.8. The van der Waals surface area contributed by atoms with Crippen molar-refractivity contribution in [1.82, 2.24) is 14.9 Å². The van der Waals surface area contributed by atoms with E-state index in [2.05, 4.69) is 4.98 Å². The van der Waals surface area contributed by atoms with E-state index in [0.717, 1.165) is 42.7 Å². The molecule has 1 saturated heterocycles. The molecule has 2 aliphatic heterocycles. The molecular formula is C27H35N5O4S. The second-order valence-electron chi connectivity index (χ2n) is 10.1. The van der Waals surface area contributed by atoms with Gasteiger partial charge < -0.3 is 20.1 Å². The van der Waals surface area contributed by atoms with Crippen LogP contribution in [0.1, 0.15) is 49.8 Å². The lowest BCUT2D eigenvalue weighted by atomic mass is 9.73. The second kappa shape index (κ2) is 11.2. The number of nitrogens with zero attached hydrogens (tertiary/aromatic N) is 4. The Morgan fingerprint density at radius 1 is 1.11 bits per heavy atom. The Morgan fingerprint density at radius 3 is 2.51 bits per heavy atom. The van der Waals surface area contributed by atoms with E-state index in [9.17, 15) is 9.59 Å². The molecule has 9 nitrogen and oxygen atoms in total. The van der Waals surface area contributed by atoms with Crippen molar-refractivity contribution in [1.29, 1.82) is 0 Å². The third-order valence-electron chi connectivity index (χ3n) is 7.91. The SMILES string of the molecule is COc1ccc(C2=NN(C3CCN(C(=O)[C@@H](N)Cc4cscn4)CC3)C(=O)[C@@H]3CCCC[C@H]23)cc1OC. The minimum Gasteiger partial charge on any atom is -0.493 e. The summed E-state index contributed by atoms with van der Waals surface area (Å²) in [6.07, 6.45) is 5.81. The highest BCUT2D eigenvalue weighted by Gasteiger charge is 2.44. The zero-order chi connectivity index (χ0) is 25.9. The molecule has 198 valence electrons. The molecule has 3 aliphatic rings. The first-order valence-electron chi connectivity index (χ1n) is 13.1. The Labute approximate surface area is 221 Å². The monoisotopic (exact) mass is 525 g/mol. The number of carbonyl (C=O) groups is 2. The van der Waals surface area contributed by atoms with E-state index in [1.165, 1.54) is 11.3 Å². The van der Waals surface area contributed by atoms with Gasteiger partial charge in [-0.25, -0.2) is 9.99 Å². The summed E-state index contributed by atoms with van der Waals surface area (Å²) < 4.78 is 11.0. The lowest BCUT2D eigenvalue weighted by molar-refractivity contribution is -0.143. The molecule has 0 spiro atoms. The molecule has 2 N–H and O–H groups in total. The Bertz CT molecular complexity index is 1150. The number of fused-ring (bicyclic) bond motifs is 1. The van der Waals surface area contributed by atoms with Crippen LogP contribution in [0.25, 0.3) is 0 Å². The normalized spacial score (nSPS) is 23.3. The summed E-state index contributed by atoms with van der Waals surface area (Å²) in [5, 5.41) is 8.65. The van der Waals surface area contributed by atoms with Crippen molar-refractivity contribution in [2.24, 2.45) is 22.7 Å². The lowest BCUT2D eigenvalue weighted by Crippen LogP contribution is -2.54. The predicted octanol–water partition coefficient (Wildman–Crippen LogP) is 3.07. The van der Waals surface area contributed by atoms with E-state index in [1.54, 1.807) is 24.7 Å². The van der Waals surface area contributed by atoms with Gasteiger partial charge in [0.2, 0.25) is 11.8 Å². The van der Waals surface area contributed by atoms with E-state index in [4.69, 9.17) is 20.3 Å². The summed E-state index contributed by atoms with van der Waals surface area (Å²) in [6.45, 7) is 1.13. The summed E-state index contributed by atoms with van der Waals surface area (Å²) in [5.41, 5.74) is 10.7. The van der Waals surface area contributed by atoms with E-state index < -0.39 is 6.04 Å². The van der Waals surface area contributed by atoms with Crippen LogP contribution in [0.3, 0.4) is 0 Å². The first kappa shape index (κ1) is 25.7. The Balaban J connectivity index is 1.33. The quantitative estimate of drug-likeness (QED) is 0.595. The number of ether oxygens (including phenoxy) is 2. The van der Waals surface area contributed by atoms with Crippen molar-refractivity contribution in [2.75, 3.05) is 27.3 Å². The van der Waals surface area contributed by atoms with Gasteiger partial charge in [0, 0.05) is 42.3 Å². The predicted molar refractivity (Wildman–Crippen MR) is 142 cm³/mol. The summed E-state index contributed by atoms with van der Waals surface area (Å²) >= 11 is 1.50. The van der Waals surface area contributed by atoms with E-state index in [1.807, 2.05) is 28.5 Å². The minimum atomic E-state index is -0.604. The zero-order valence-electron chi connectivity index (χ0n) is 21.5. The van der Waals surface area contributed by atoms with Crippen LogP contribution in [-0.2, 0) is 16.0 Å². The average molecular weight is 526 g/mol. The minimum absolute atomic E-state index is 0.0377. The number of likely N-dealkylation sites (tertiary alicyclic amines) is 1. The van der Waals surface area contributed by atoms with Crippen LogP contribution in [0.15, 0.2) is 34.2 Å². The number of hydrogen-bond donors (Lipinski definition) is 1. The number of amides is 2. The van der Waals surface area contributed by atoms with Gasteiger partial charge in [-0.2, -0.15) is 5.10 Å². The van der Waals surface area contributed by atoms with Crippen molar-refractivity contribution in [3.05, 3.63) is 40.3 Å². The first-order chi connectivity index (χ1) is 18.0. The van der Waals surface area contributed by atoms with Crippen molar-refractivity contribution < 1.29 is 19.1 Å². The molecule has 5 rings (SSSR count). The van der Waals surface area contributed by atoms with Crippen molar-refractivity contribution >= 4 is 28.9 Å². The fourth-order valence-electron chi connectivity index (χ4n) is 5.91. The maximum atomic E-state index is 13.6. The summed E-state index contributed by atoms with van der Waals surface area (Å²) in [7, 11) is 3.25. The molecule has 2 fully saturated rings. The topological polar surface area (TPSA) is 110 Å². The average Bonchev–Trinajstić information content (AvgIpc) is 3.46. The van der Waals surface area contributed by atoms with E-state index in [0.29, 0.717) is 43.9 Å². The van der Waals surface area contributed by atoms with Gasteiger partial charge in [-0.05, 0) is 43.9 Å². The summed E-state index contributed by atoms with van der Waals surface area (Å²) in [6, 6.07) is 5.22. The Kier molecular flexibility index (Phi) is 7.76. The number of methoxy groups -OCH3 is 2. The van der Waals surface area contributed by atoms with Gasteiger partial charge in [0.15, 0.2) is 11.5 Å². The van der Waals surface area contributed by atoms with Gasteiger partial charge >= 0.3 is 0 Å². The fourth-order valence-corrected chi connectivity index (χ4v) is 6.48. The van der Waals surface area contributed by atoms with Crippen LogP contribution in [0.4, 0.5) is 0 Å². The fraction of sp³-hybridized carbons (Fsp3) is 0.556. The number of benzene rings is 1. The third-order valence-corrected chi connectivity index (χ3v) is 8.54. The van der Waals surface area contributed by atoms with Gasteiger partial charge in [0.25, 0.3) is 0 Å². The van der Waals surface area contributed by atoms with E-state index >= 15 is 0 Å². The maximum absolute atomic E-state index is 13.6. The zero-order valence-corrected chi connectivity index (χ0v) is 22.3. The van der Waals surface area contributed by atoms with Gasteiger partial charge in [0.05, 0.1) is 43.2 Å². The van der Waals surface area contributed by atoms with Crippen LogP contribution < -0.4 is 15.2 Å². The number of carbonyl (C=O) groups excluding carboxylic acids is 2. The highest BCUT2D eigenvalue weighted by Crippen LogP contribution is 2.40. The van der Waals surface area contributed by atoms with Gasteiger partial charge in [-0.15, -0.1) is 11.3 Å². The molecule has 2 amide bonds. The number of rotatable bonds is 7. The first-order valence-corrected chi connectivity index (χ1v) is 14.0. The van der Waals surface area contributed by atoms with Gasteiger partial charge in [0.1, 0.15) is 0 Å².